The second kappa shape index (κ2) is 7.59. The molecule has 2 aliphatic rings. The second-order valence-corrected chi connectivity index (χ2v) is 8.09. The van der Waals surface area contributed by atoms with Crippen LogP contribution in [0, 0.1) is 6.92 Å². The van der Waals surface area contributed by atoms with E-state index < -0.39 is 5.66 Å². The molecule has 2 aromatic rings. The molecule has 0 aliphatic carbocycles. The summed E-state index contributed by atoms with van der Waals surface area (Å²) in [7, 11) is 0. The number of rotatable bonds is 5. The molecule has 3 amide bonds. The van der Waals surface area contributed by atoms with Gasteiger partial charge in [0.2, 0.25) is 11.8 Å². The van der Waals surface area contributed by atoms with E-state index in [1.807, 2.05) is 57.2 Å². The lowest BCUT2D eigenvalue weighted by atomic mass is 9.98. The lowest BCUT2D eigenvalue weighted by Gasteiger charge is -2.48. The van der Waals surface area contributed by atoms with Gasteiger partial charge in [0.1, 0.15) is 5.66 Å². The van der Waals surface area contributed by atoms with Gasteiger partial charge in [0.15, 0.2) is 0 Å². The van der Waals surface area contributed by atoms with Gasteiger partial charge >= 0.3 is 0 Å². The van der Waals surface area contributed by atoms with Crippen molar-refractivity contribution in [2.45, 2.75) is 45.7 Å². The average molecular weight is 405 g/mol. The number of carbonyl (C=O) groups is 3. The number of aryl methyl sites for hydroxylation is 1. The van der Waals surface area contributed by atoms with Crippen molar-refractivity contribution in [3.63, 3.8) is 0 Å². The highest BCUT2D eigenvalue weighted by atomic mass is 16.2. The molecule has 0 N–H and O–H groups in total. The van der Waals surface area contributed by atoms with E-state index >= 15 is 0 Å². The molecule has 1 unspecified atom stereocenters. The number of amides is 3. The first-order chi connectivity index (χ1) is 14.4. The summed E-state index contributed by atoms with van der Waals surface area (Å²) in [4.78, 5) is 44.3. The summed E-state index contributed by atoms with van der Waals surface area (Å²) in [6, 6.07) is 15.0. The minimum Gasteiger partial charge on any atom is -0.315 e. The summed E-state index contributed by atoms with van der Waals surface area (Å²) in [5.41, 5.74) is 2.39. The summed E-state index contributed by atoms with van der Waals surface area (Å²) in [5.74, 6) is -0.132. The van der Waals surface area contributed by atoms with Crippen LogP contribution in [-0.2, 0) is 9.59 Å². The highest BCUT2D eigenvalue weighted by molar-refractivity contribution is 6.10. The zero-order valence-electron chi connectivity index (χ0n) is 17.7. The normalized spacial score (nSPS) is 20.2. The zero-order valence-corrected chi connectivity index (χ0v) is 17.7. The van der Waals surface area contributed by atoms with Crippen LogP contribution >= 0.6 is 0 Å². The Bertz CT molecular complexity index is 1020. The van der Waals surface area contributed by atoms with Crippen LogP contribution in [0.4, 0.5) is 11.4 Å². The second-order valence-electron chi connectivity index (χ2n) is 8.09. The molecule has 156 valence electrons. The lowest BCUT2D eigenvalue weighted by Crippen LogP contribution is -2.62. The van der Waals surface area contributed by atoms with Gasteiger partial charge in [0.05, 0.1) is 11.3 Å². The highest BCUT2D eigenvalue weighted by Crippen LogP contribution is 2.44. The third-order valence-corrected chi connectivity index (χ3v) is 6.32. The van der Waals surface area contributed by atoms with Crippen molar-refractivity contribution in [1.82, 2.24) is 4.90 Å². The number of anilines is 2. The number of benzene rings is 2. The topological polar surface area (TPSA) is 60.9 Å². The van der Waals surface area contributed by atoms with E-state index in [9.17, 15) is 14.4 Å². The largest absolute Gasteiger partial charge is 0.315 e. The fourth-order valence-electron chi connectivity index (χ4n) is 4.73. The first-order valence-electron chi connectivity index (χ1n) is 10.5. The van der Waals surface area contributed by atoms with Crippen molar-refractivity contribution in [2.24, 2.45) is 0 Å². The van der Waals surface area contributed by atoms with Gasteiger partial charge in [0.25, 0.3) is 5.91 Å². The SMILES string of the molecule is CCN(C(=O)CCN1C(=O)c2ccccc2N2C(=O)CCC12C)c1ccccc1C. The molecule has 6 nitrogen and oxygen atoms in total. The Morgan fingerprint density at radius 1 is 1.10 bits per heavy atom. The van der Waals surface area contributed by atoms with Gasteiger partial charge < -0.3 is 9.80 Å². The molecule has 30 heavy (non-hydrogen) atoms. The minimum atomic E-state index is -0.734. The van der Waals surface area contributed by atoms with Gasteiger partial charge in [-0.25, -0.2) is 0 Å². The third kappa shape index (κ3) is 3.07. The van der Waals surface area contributed by atoms with Crippen molar-refractivity contribution >= 4 is 29.1 Å². The van der Waals surface area contributed by atoms with Gasteiger partial charge in [-0.1, -0.05) is 30.3 Å². The number of fused-ring (bicyclic) bond motifs is 3. The van der Waals surface area contributed by atoms with Crippen molar-refractivity contribution in [3.05, 3.63) is 59.7 Å². The van der Waals surface area contributed by atoms with E-state index in [-0.39, 0.29) is 30.7 Å². The van der Waals surface area contributed by atoms with Crippen molar-refractivity contribution < 1.29 is 14.4 Å². The summed E-state index contributed by atoms with van der Waals surface area (Å²) in [6.07, 6.45) is 1.16. The molecular formula is C24H27N3O3. The fourth-order valence-corrected chi connectivity index (χ4v) is 4.73. The molecule has 2 aliphatic heterocycles. The average Bonchev–Trinajstić information content (AvgIpc) is 3.05. The van der Waals surface area contributed by atoms with Crippen molar-refractivity contribution in [1.29, 1.82) is 0 Å². The molecule has 0 aromatic heterocycles. The Balaban J connectivity index is 1.60. The maximum atomic E-state index is 13.3. The van der Waals surface area contributed by atoms with Crippen LogP contribution in [0.2, 0.25) is 0 Å². The lowest BCUT2D eigenvalue weighted by molar-refractivity contribution is -0.119. The van der Waals surface area contributed by atoms with Gasteiger partial charge in [-0.2, -0.15) is 0 Å². The van der Waals surface area contributed by atoms with Crippen LogP contribution in [-0.4, -0.2) is 41.4 Å². The van der Waals surface area contributed by atoms with E-state index in [1.165, 1.54) is 0 Å². The molecule has 4 rings (SSSR count). The smallest absolute Gasteiger partial charge is 0.257 e. The molecule has 0 saturated carbocycles. The van der Waals surface area contributed by atoms with Gasteiger partial charge in [0, 0.05) is 31.6 Å². The minimum absolute atomic E-state index is 0.0175. The van der Waals surface area contributed by atoms with E-state index in [1.54, 1.807) is 26.8 Å². The van der Waals surface area contributed by atoms with Crippen LogP contribution in [0.15, 0.2) is 48.5 Å². The monoisotopic (exact) mass is 405 g/mol. The van der Waals surface area contributed by atoms with E-state index in [2.05, 4.69) is 0 Å². The van der Waals surface area contributed by atoms with Crippen LogP contribution in [0.1, 0.15) is 49.0 Å². The first-order valence-corrected chi connectivity index (χ1v) is 10.5. The Labute approximate surface area is 177 Å². The molecule has 2 aromatic carbocycles. The Morgan fingerprint density at radius 3 is 2.53 bits per heavy atom. The molecule has 1 fully saturated rings. The highest BCUT2D eigenvalue weighted by Gasteiger charge is 2.52. The fraction of sp³-hybridized carbons (Fsp3) is 0.375. The number of hydrogen-bond acceptors (Lipinski definition) is 3. The van der Waals surface area contributed by atoms with Crippen LogP contribution in [0.5, 0.6) is 0 Å². The molecular weight excluding hydrogens is 378 g/mol. The molecule has 6 heteroatoms. The predicted octanol–water partition coefficient (Wildman–Crippen LogP) is 3.74. The van der Waals surface area contributed by atoms with E-state index in [4.69, 9.17) is 0 Å². The molecule has 0 radical (unpaired) electrons. The van der Waals surface area contributed by atoms with Crippen molar-refractivity contribution in [2.75, 3.05) is 22.9 Å². The number of carbonyl (C=O) groups excluding carboxylic acids is 3. The Morgan fingerprint density at radius 2 is 1.80 bits per heavy atom. The van der Waals surface area contributed by atoms with Gasteiger partial charge in [-0.3, -0.25) is 19.3 Å². The van der Waals surface area contributed by atoms with E-state index in [0.717, 1.165) is 11.3 Å². The maximum Gasteiger partial charge on any atom is 0.257 e. The molecule has 0 spiro atoms. The zero-order chi connectivity index (χ0) is 21.5. The summed E-state index contributed by atoms with van der Waals surface area (Å²) in [5, 5.41) is 0. The van der Waals surface area contributed by atoms with Gasteiger partial charge in [-0.05, 0) is 51.0 Å². The molecule has 0 bridgehead atoms. The van der Waals surface area contributed by atoms with E-state index in [0.29, 0.717) is 30.6 Å². The van der Waals surface area contributed by atoms with Crippen LogP contribution < -0.4 is 9.80 Å². The van der Waals surface area contributed by atoms with Gasteiger partial charge in [-0.15, -0.1) is 0 Å². The quantitative estimate of drug-likeness (QED) is 0.761. The Hall–Kier alpha value is -3.15. The standard InChI is InChI=1S/C24H27N3O3/c1-4-25(19-11-7-5-9-17(19)2)21(28)14-16-26-23(30)18-10-6-8-12-20(18)27-22(29)13-15-24(26,27)3/h5-12H,4,13-16H2,1-3H3. The predicted molar refractivity (Wildman–Crippen MR) is 116 cm³/mol. The molecule has 2 heterocycles. The number of nitrogens with zero attached hydrogens (tertiary/aromatic N) is 3. The third-order valence-electron chi connectivity index (χ3n) is 6.32. The van der Waals surface area contributed by atoms with Crippen LogP contribution in [0.25, 0.3) is 0 Å². The number of hydrogen-bond donors (Lipinski definition) is 0. The molecule has 1 saturated heterocycles. The number of para-hydroxylation sites is 2. The van der Waals surface area contributed by atoms with Crippen molar-refractivity contribution in [3.8, 4) is 0 Å². The summed E-state index contributed by atoms with van der Waals surface area (Å²) in [6.45, 7) is 6.69. The van der Waals surface area contributed by atoms with Crippen LogP contribution in [0.3, 0.4) is 0 Å². The first kappa shape index (κ1) is 20.1. The Kier molecular flexibility index (Phi) is 5.10. The summed E-state index contributed by atoms with van der Waals surface area (Å²) >= 11 is 0. The summed E-state index contributed by atoms with van der Waals surface area (Å²) < 4.78 is 0. The maximum absolute atomic E-state index is 13.3. The molecule has 1 atom stereocenters.